The summed E-state index contributed by atoms with van der Waals surface area (Å²) in [5.74, 6) is -2.05. The summed E-state index contributed by atoms with van der Waals surface area (Å²) >= 11 is 1.46. The molecule has 1 amide bonds. The van der Waals surface area contributed by atoms with Crippen molar-refractivity contribution in [3.63, 3.8) is 0 Å². The molecule has 29 heavy (non-hydrogen) atoms. The summed E-state index contributed by atoms with van der Waals surface area (Å²) < 4.78 is 0. The largest absolute Gasteiger partial charge is 0.477 e. The van der Waals surface area contributed by atoms with E-state index >= 15 is 0 Å². The van der Waals surface area contributed by atoms with Crippen molar-refractivity contribution in [2.24, 2.45) is 11.8 Å². The smallest absolute Gasteiger partial charge is 0.353 e. The second kappa shape index (κ2) is 8.02. The van der Waals surface area contributed by atoms with E-state index in [9.17, 15) is 24.6 Å². The Hall–Kier alpha value is -1.42. The highest BCUT2D eigenvalue weighted by molar-refractivity contribution is 8.03. The van der Waals surface area contributed by atoms with E-state index in [-0.39, 0.29) is 46.2 Å². The minimum absolute atomic E-state index is 0.0403. The number of carboxylic acid groups (broad SMARTS) is 1. The first kappa shape index (κ1) is 22.3. The van der Waals surface area contributed by atoms with Crippen LogP contribution in [0.15, 0.2) is 10.6 Å². The number of fused-ring (bicyclic) bond motifs is 1. The molecule has 8 nitrogen and oxygen atoms in total. The standard InChI is InChI=1S/C20H31N3O5S/c1-9-15-14(10(2)24)18(26)23(15)16(19(27)28)17(9)29-11-6-12(21-7-11)13(25)8-22-20(3,4)5/h9-12,14-15,21-22,24H,6-8H2,1-5H3,(H,27,28)/t9-,10-,11+,12+,14-,15-/m1/s1. The minimum Gasteiger partial charge on any atom is -0.477 e. The maximum atomic E-state index is 12.5. The third-order valence-electron chi connectivity index (χ3n) is 5.88. The molecular formula is C20H31N3O5S. The maximum absolute atomic E-state index is 12.5. The molecule has 3 aliphatic rings. The molecule has 2 fully saturated rings. The number of Topliss-reactive ketones (excluding diaryl/α,β-unsaturated/α-hetero) is 1. The predicted octanol–water partition coefficient (Wildman–Crippen LogP) is 0.561. The van der Waals surface area contributed by atoms with Gasteiger partial charge < -0.3 is 25.7 Å². The first-order valence-electron chi connectivity index (χ1n) is 10.1. The van der Waals surface area contributed by atoms with Crippen molar-refractivity contribution in [1.82, 2.24) is 15.5 Å². The van der Waals surface area contributed by atoms with Crippen LogP contribution < -0.4 is 10.6 Å². The number of rotatable bonds is 7. The normalized spacial score (nSPS) is 33.0. The molecule has 0 spiro atoms. The number of aliphatic hydroxyl groups is 1. The number of carbonyl (C=O) groups excluding carboxylic acids is 2. The number of hydrogen-bond donors (Lipinski definition) is 4. The molecule has 9 heteroatoms. The number of aliphatic hydroxyl groups excluding tert-OH is 1. The molecule has 0 saturated carbocycles. The number of β-lactam (4-membered cyclic amide) rings is 1. The van der Waals surface area contributed by atoms with Gasteiger partial charge in [0, 0.05) is 28.2 Å². The molecule has 162 valence electrons. The molecule has 3 heterocycles. The molecule has 0 unspecified atom stereocenters. The average molecular weight is 426 g/mol. The van der Waals surface area contributed by atoms with Crippen LogP contribution in [0.4, 0.5) is 0 Å². The van der Waals surface area contributed by atoms with Gasteiger partial charge in [-0.15, -0.1) is 11.8 Å². The lowest BCUT2D eigenvalue weighted by molar-refractivity contribution is -0.163. The van der Waals surface area contributed by atoms with Gasteiger partial charge in [-0.3, -0.25) is 9.59 Å². The molecule has 3 rings (SSSR count). The van der Waals surface area contributed by atoms with E-state index in [2.05, 4.69) is 10.6 Å². The maximum Gasteiger partial charge on any atom is 0.353 e. The van der Waals surface area contributed by atoms with Crippen LogP contribution in [-0.2, 0) is 14.4 Å². The molecular weight excluding hydrogens is 394 g/mol. The number of nitrogens with zero attached hydrogens (tertiary/aromatic N) is 1. The van der Waals surface area contributed by atoms with E-state index in [1.165, 1.54) is 16.7 Å². The summed E-state index contributed by atoms with van der Waals surface area (Å²) in [6.45, 7) is 10.4. The van der Waals surface area contributed by atoms with Crippen LogP contribution in [0.1, 0.15) is 41.0 Å². The fourth-order valence-corrected chi connectivity index (χ4v) is 5.85. The van der Waals surface area contributed by atoms with Crippen LogP contribution >= 0.6 is 11.8 Å². The van der Waals surface area contributed by atoms with Crippen molar-refractivity contribution in [2.45, 2.75) is 70.0 Å². The molecule has 0 aromatic rings. The average Bonchev–Trinajstić information content (AvgIpc) is 3.15. The SMILES string of the molecule is C[C@@H](O)[C@H]1C(=O)N2C(C(=O)O)=C(S[C@@H]3CN[C@H](C(=O)CNC(C)(C)C)C3)[C@H](C)[C@H]12. The molecule has 0 aliphatic carbocycles. The van der Waals surface area contributed by atoms with Crippen LogP contribution in [0.3, 0.4) is 0 Å². The number of ketones is 1. The van der Waals surface area contributed by atoms with Gasteiger partial charge in [-0.25, -0.2) is 4.79 Å². The van der Waals surface area contributed by atoms with Gasteiger partial charge in [0.15, 0.2) is 5.78 Å². The molecule has 0 aromatic carbocycles. The lowest BCUT2D eigenvalue weighted by Gasteiger charge is -2.46. The lowest BCUT2D eigenvalue weighted by atomic mass is 9.79. The number of thioether (sulfide) groups is 1. The Morgan fingerprint density at radius 2 is 2.03 bits per heavy atom. The van der Waals surface area contributed by atoms with Gasteiger partial charge in [0.2, 0.25) is 5.91 Å². The highest BCUT2D eigenvalue weighted by Crippen LogP contribution is 2.51. The Bertz CT molecular complexity index is 745. The third-order valence-corrected chi connectivity index (χ3v) is 7.39. The molecule has 0 aromatic heterocycles. The van der Waals surface area contributed by atoms with Gasteiger partial charge >= 0.3 is 5.97 Å². The van der Waals surface area contributed by atoms with Crippen LogP contribution in [0.5, 0.6) is 0 Å². The molecule has 2 saturated heterocycles. The summed E-state index contributed by atoms with van der Waals surface area (Å²) in [6.07, 6.45) is -0.187. The Labute approximate surface area is 175 Å². The first-order chi connectivity index (χ1) is 13.4. The quantitative estimate of drug-likeness (QED) is 0.437. The summed E-state index contributed by atoms with van der Waals surface area (Å²) in [4.78, 5) is 38.8. The van der Waals surface area contributed by atoms with Gasteiger partial charge in [0.05, 0.1) is 30.7 Å². The lowest BCUT2D eigenvalue weighted by Crippen LogP contribution is -2.63. The fraction of sp³-hybridized carbons (Fsp3) is 0.750. The summed E-state index contributed by atoms with van der Waals surface area (Å²) in [5.41, 5.74) is -0.0950. The molecule has 0 bridgehead atoms. The Morgan fingerprint density at radius 3 is 2.59 bits per heavy atom. The number of nitrogens with one attached hydrogen (secondary N) is 2. The van der Waals surface area contributed by atoms with Gasteiger partial charge in [0.25, 0.3) is 0 Å². The van der Waals surface area contributed by atoms with Crippen molar-refractivity contribution in [2.75, 3.05) is 13.1 Å². The fourth-order valence-electron chi connectivity index (χ4n) is 4.37. The first-order valence-corrected chi connectivity index (χ1v) is 11.0. The van der Waals surface area contributed by atoms with E-state index in [1.807, 2.05) is 27.7 Å². The highest BCUT2D eigenvalue weighted by atomic mass is 32.2. The van der Waals surface area contributed by atoms with E-state index in [4.69, 9.17) is 0 Å². The number of carboxylic acids is 1. The zero-order chi connectivity index (χ0) is 21.7. The van der Waals surface area contributed by atoms with Crippen molar-refractivity contribution < 1.29 is 24.6 Å². The van der Waals surface area contributed by atoms with Gasteiger partial charge in [-0.05, 0) is 34.1 Å². The van der Waals surface area contributed by atoms with Crippen LogP contribution in [0.2, 0.25) is 0 Å². The van der Waals surface area contributed by atoms with Gasteiger partial charge in [-0.2, -0.15) is 0 Å². The number of aliphatic carboxylic acids is 1. The van der Waals surface area contributed by atoms with Gasteiger partial charge in [0.1, 0.15) is 5.70 Å². The minimum atomic E-state index is -1.12. The second-order valence-corrected chi connectivity index (χ2v) is 10.6. The predicted molar refractivity (Wildman–Crippen MR) is 110 cm³/mol. The topological polar surface area (TPSA) is 119 Å². The number of hydrogen-bond acceptors (Lipinski definition) is 7. The van der Waals surface area contributed by atoms with Crippen molar-refractivity contribution >= 4 is 29.4 Å². The monoisotopic (exact) mass is 425 g/mol. The van der Waals surface area contributed by atoms with Crippen molar-refractivity contribution in [3.8, 4) is 0 Å². The third kappa shape index (κ3) is 4.23. The van der Waals surface area contributed by atoms with Crippen LogP contribution in [0, 0.1) is 11.8 Å². The molecule has 0 radical (unpaired) electrons. The number of amides is 1. The Balaban J connectivity index is 1.68. The molecule has 6 atom stereocenters. The summed E-state index contributed by atoms with van der Waals surface area (Å²) in [6, 6.07) is -0.560. The van der Waals surface area contributed by atoms with Crippen LogP contribution in [0.25, 0.3) is 0 Å². The van der Waals surface area contributed by atoms with E-state index in [1.54, 1.807) is 6.92 Å². The Kier molecular flexibility index (Phi) is 6.16. The zero-order valence-electron chi connectivity index (χ0n) is 17.6. The molecule has 3 aliphatic heterocycles. The Morgan fingerprint density at radius 1 is 1.38 bits per heavy atom. The summed E-state index contributed by atoms with van der Waals surface area (Å²) in [7, 11) is 0. The van der Waals surface area contributed by atoms with Crippen LogP contribution in [-0.4, -0.2) is 74.8 Å². The van der Waals surface area contributed by atoms with Crippen molar-refractivity contribution in [1.29, 1.82) is 0 Å². The van der Waals surface area contributed by atoms with Gasteiger partial charge in [-0.1, -0.05) is 6.92 Å². The van der Waals surface area contributed by atoms with E-state index < -0.39 is 18.0 Å². The van der Waals surface area contributed by atoms with E-state index in [0.29, 0.717) is 24.4 Å². The zero-order valence-corrected chi connectivity index (χ0v) is 18.4. The summed E-state index contributed by atoms with van der Waals surface area (Å²) in [5, 5.41) is 26.2. The molecule has 4 N–H and O–H groups in total. The second-order valence-electron chi connectivity index (χ2n) is 9.28. The highest BCUT2D eigenvalue weighted by Gasteiger charge is 2.60. The number of carbonyl (C=O) groups is 3. The van der Waals surface area contributed by atoms with E-state index in [0.717, 1.165) is 0 Å². The van der Waals surface area contributed by atoms with Crippen molar-refractivity contribution in [3.05, 3.63) is 10.6 Å².